The Labute approximate surface area is 143 Å². The molecule has 0 saturated carbocycles. The summed E-state index contributed by atoms with van der Waals surface area (Å²) in [7, 11) is 1.62. The van der Waals surface area contributed by atoms with Crippen molar-refractivity contribution in [2.24, 2.45) is 5.92 Å². The van der Waals surface area contributed by atoms with E-state index in [2.05, 4.69) is 0 Å². The van der Waals surface area contributed by atoms with E-state index in [4.69, 9.17) is 0 Å². The minimum Gasteiger partial charge on any atom is -0.341 e. The molecule has 1 aromatic carbocycles. The molecule has 1 aliphatic rings. The molecule has 0 aromatic heterocycles. The predicted molar refractivity (Wildman–Crippen MR) is 92.9 cm³/mol. The van der Waals surface area contributed by atoms with Gasteiger partial charge in [-0.3, -0.25) is 14.4 Å². The van der Waals surface area contributed by atoms with Crippen LogP contribution in [0.5, 0.6) is 0 Å². The Morgan fingerprint density at radius 1 is 1.17 bits per heavy atom. The average molecular weight is 330 g/mol. The first kappa shape index (κ1) is 18.2. The van der Waals surface area contributed by atoms with Crippen LogP contribution in [-0.2, 0) is 9.59 Å². The topological polar surface area (TPSA) is 57.7 Å². The lowest BCUT2D eigenvalue weighted by Gasteiger charge is -2.32. The summed E-state index contributed by atoms with van der Waals surface area (Å²) in [4.78, 5) is 39.3. The summed E-state index contributed by atoms with van der Waals surface area (Å²) in [5.74, 6) is -0.0187. The lowest BCUT2D eigenvalue weighted by Crippen LogP contribution is -2.45. The SMILES string of the molecule is CC(=O)N(C)CC(=O)N1CCC(C(=O)c2ccc(C)cc2C)CC1. The third-order valence-electron chi connectivity index (χ3n) is 4.78. The van der Waals surface area contributed by atoms with Gasteiger partial charge in [0.25, 0.3) is 0 Å². The second-order valence-corrected chi connectivity index (χ2v) is 6.71. The van der Waals surface area contributed by atoms with Crippen molar-refractivity contribution < 1.29 is 14.4 Å². The molecule has 1 saturated heterocycles. The Hall–Kier alpha value is -2.17. The number of amides is 2. The van der Waals surface area contributed by atoms with Crippen LogP contribution in [-0.4, -0.2) is 54.1 Å². The summed E-state index contributed by atoms with van der Waals surface area (Å²) in [6, 6.07) is 5.91. The molecule has 0 atom stereocenters. The van der Waals surface area contributed by atoms with Crippen LogP contribution >= 0.6 is 0 Å². The highest BCUT2D eigenvalue weighted by Crippen LogP contribution is 2.24. The van der Waals surface area contributed by atoms with Gasteiger partial charge in [-0.25, -0.2) is 0 Å². The van der Waals surface area contributed by atoms with Crippen molar-refractivity contribution in [3.63, 3.8) is 0 Å². The molecule has 0 spiro atoms. The number of carbonyl (C=O) groups is 3. The minimum atomic E-state index is -0.122. The van der Waals surface area contributed by atoms with E-state index in [9.17, 15) is 14.4 Å². The molecule has 24 heavy (non-hydrogen) atoms. The fraction of sp³-hybridized carbons (Fsp3) is 0.526. The average Bonchev–Trinajstić information content (AvgIpc) is 2.54. The van der Waals surface area contributed by atoms with Gasteiger partial charge in [-0.05, 0) is 32.3 Å². The number of nitrogens with zero attached hydrogens (tertiary/aromatic N) is 2. The highest BCUT2D eigenvalue weighted by Gasteiger charge is 2.29. The minimum absolute atomic E-state index is 0.0269. The quantitative estimate of drug-likeness (QED) is 0.795. The van der Waals surface area contributed by atoms with Gasteiger partial charge in [0, 0.05) is 38.5 Å². The smallest absolute Gasteiger partial charge is 0.242 e. The zero-order chi connectivity index (χ0) is 17.9. The number of rotatable bonds is 4. The van der Waals surface area contributed by atoms with Crippen LogP contribution in [0.4, 0.5) is 0 Å². The lowest BCUT2D eigenvalue weighted by atomic mass is 9.87. The molecule has 1 aromatic rings. The number of aryl methyl sites for hydroxylation is 2. The summed E-state index contributed by atoms with van der Waals surface area (Å²) in [6.45, 7) is 6.69. The fourth-order valence-electron chi connectivity index (χ4n) is 3.12. The normalized spacial score (nSPS) is 15.2. The molecule has 0 bridgehead atoms. The van der Waals surface area contributed by atoms with Crippen molar-refractivity contribution in [2.75, 3.05) is 26.7 Å². The van der Waals surface area contributed by atoms with Crippen molar-refractivity contribution in [2.45, 2.75) is 33.6 Å². The van der Waals surface area contributed by atoms with Gasteiger partial charge in [0.2, 0.25) is 11.8 Å². The summed E-state index contributed by atoms with van der Waals surface area (Å²) in [6.07, 6.45) is 1.36. The van der Waals surface area contributed by atoms with Crippen molar-refractivity contribution in [1.29, 1.82) is 0 Å². The number of likely N-dealkylation sites (tertiary alicyclic amines) is 1. The number of piperidine rings is 1. The first-order valence-electron chi connectivity index (χ1n) is 8.40. The predicted octanol–water partition coefficient (Wildman–Crippen LogP) is 2.20. The molecule has 0 N–H and O–H groups in total. The van der Waals surface area contributed by atoms with Gasteiger partial charge < -0.3 is 9.80 Å². The van der Waals surface area contributed by atoms with Crippen LogP contribution in [0.15, 0.2) is 18.2 Å². The number of carbonyl (C=O) groups excluding carboxylic acids is 3. The van der Waals surface area contributed by atoms with Gasteiger partial charge in [-0.1, -0.05) is 23.8 Å². The van der Waals surface area contributed by atoms with Crippen LogP contribution in [0, 0.1) is 19.8 Å². The van der Waals surface area contributed by atoms with E-state index in [1.165, 1.54) is 11.8 Å². The maximum Gasteiger partial charge on any atom is 0.242 e. The molecule has 2 rings (SSSR count). The highest BCUT2D eigenvalue weighted by molar-refractivity contribution is 5.99. The van der Waals surface area contributed by atoms with Crippen LogP contribution in [0.2, 0.25) is 0 Å². The largest absolute Gasteiger partial charge is 0.341 e. The highest BCUT2D eigenvalue weighted by atomic mass is 16.2. The number of hydrogen-bond acceptors (Lipinski definition) is 3. The van der Waals surface area contributed by atoms with E-state index in [0.717, 1.165) is 16.7 Å². The van der Waals surface area contributed by atoms with E-state index in [0.29, 0.717) is 25.9 Å². The Balaban J connectivity index is 1.93. The molecule has 1 aliphatic heterocycles. The zero-order valence-corrected chi connectivity index (χ0v) is 15.0. The number of benzene rings is 1. The maximum absolute atomic E-state index is 12.7. The molecular weight excluding hydrogens is 304 g/mol. The summed E-state index contributed by atoms with van der Waals surface area (Å²) in [5, 5.41) is 0. The van der Waals surface area contributed by atoms with E-state index >= 15 is 0 Å². The lowest BCUT2D eigenvalue weighted by molar-refractivity contribution is -0.139. The number of hydrogen-bond donors (Lipinski definition) is 0. The van der Waals surface area contributed by atoms with Gasteiger partial charge in [0.1, 0.15) is 0 Å². The first-order valence-corrected chi connectivity index (χ1v) is 8.40. The molecule has 130 valence electrons. The van der Waals surface area contributed by atoms with Crippen LogP contribution in [0.25, 0.3) is 0 Å². The molecule has 2 amide bonds. The monoisotopic (exact) mass is 330 g/mol. The second-order valence-electron chi connectivity index (χ2n) is 6.71. The molecule has 1 heterocycles. The van der Waals surface area contributed by atoms with E-state index in [-0.39, 0.29) is 30.1 Å². The van der Waals surface area contributed by atoms with E-state index in [1.807, 2.05) is 32.0 Å². The maximum atomic E-state index is 12.7. The van der Waals surface area contributed by atoms with Crippen molar-refractivity contribution in [3.8, 4) is 0 Å². The zero-order valence-electron chi connectivity index (χ0n) is 15.0. The van der Waals surface area contributed by atoms with Crippen LogP contribution in [0.3, 0.4) is 0 Å². The Bertz CT molecular complexity index is 646. The van der Waals surface area contributed by atoms with Gasteiger partial charge in [0.15, 0.2) is 5.78 Å². The fourth-order valence-corrected chi connectivity index (χ4v) is 3.12. The Morgan fingerprint density at radius 3 is 2.33 bits per heavy atom. The van der Waals surface area contributed by atoms with Gasteiger partial charge in [-0.15, -0.1) is 0 Å². The van der Waals surface area contributed by atoms with Gasteiger partial charge in [-0.2, -0.15) is 0 Å². The molecular formula is C19H26N2O3. The standard InChI is InChI=1S/C19H26N2O3/c1-13-5-6-17(14(2)11-13)19(24)16-7-9-21(10-8-16)18(23)12-20(4)15(3)22/h5-6,11,16H,7-10,12H2,1-4H3. The number of ketones is 1. The summed E-state index contributed by atoms with van der Waals surface area (Å²) >= 11 is 0. The van der Waals surface area contributed by atoms with Crippen LogP contribution in [0.1, 0.15) is 41.3 Å². The van der Waals surface area contributed by atoms with E-state index < -0.39 is 0 Å². The third kappa shape index (κ3) is 4.22. The van der Waals surface area contributed by atoms with Gasteiger partial charge >= 0.3 is 0 Å². The molecule has 1 fully saturated rings. The second kappa shape index (κ2) is 7.60. The molecule has 0 unspecified atom stereocenters. The van der Waals surface area contributed by atoms with E-state index in [1.54, 1.807) is 11.9 Å². The van der Waals surface area contributed by atoms with Crippen molar-refractivity contribution in [1.82, 2.24) is 9.80 Å². The van der Waals surface area contributed by atoms with Crippen molar-refractivity contribution >= 4 is 17.6 Å². The molecule has 0 aliphatic carbocycles. The number of Topliss-reactive ketones (excluding diaryl/α,β-unsaturated/α-hetero) is 1. The van der Waals surface area contributed by atoms with Crippen molar-refractivity contribution in [3.05, 3.63) is 34.9 Å². The molecule has 5 nitrogen and oxygen atoms in total. The first-order chi connectivity index (χ1) is 11.3. The van der Waals surface area contributed by atoms with Gasteiger partial charge in [0.05, 0.1) is 6.54 Å². The summed E-state index contributed by atoms with van der Waals surface area (Å²) in [5.41, 5.74) is 2.96. The number of likely N-dealkylation sites (N-methyl/N-ethyl adjacent to an activating group) is 1. The third-order valence-corrected chi connectivity index (χ3v) is 4.78. The molecule has 5 heteroatoms. The summed E-state index contributed by atoms with van der Waals surface area (Å²) < 4.78 is 0. The molecule has 0 radical (unpaired) electrons. The van der Waals surface area contributed by atoms with Crippen LogP contribution < -0.4 is 0 Å². The Morgan fingerprint density at radius 2 is 1.79 bits per heavy atom. The Kier molecular flexibility index (Phi) is 5.75.